The van der Waals surface area contributed by atoms with Crippen LogP contribution in [0.5, 0.6) is 0 Å². The molecule has 3 nitrogen and oxygen atoms in total. The molecule has 0 saturated heterocycles. The topological polar surface area (TPSA) is 44.9 Å². The molecule has 1 aromatic heterocycles. The fourth-order valence-corrected chi connectivity index (χ4v) is 3.55. The van der Waals surface area contributed by atoms with Gasteiger partial charge in [-0.25, -0.2) is 0 Å². The van der Waals surface area contributed by atoms with E-state index >= 15 is 0 Å². The van der Waals surface area contributed by atoms with Gasteiger partial charge < -0.3 is 10.3 Å². The van der Waals surface area contributed by atoms with Crippen molar-refractivity contribution in [2.24, 2.45) is 0 Å². The fraction of sp³-hybridized carbons (Fsp3) is 0.160. The van der Waals surface area contributed by atoms with Gasteiger partial charge in [-0.15, -0.1) is 0 Å². The van der Waals surface area contributed by atoms with Gasteiger partial charge in [-0.3, -0.25) is 4.79 Å². The lowest BCUT2D eigenvalue weighted by atomic mass is 9.96. The van der Waals surface area contributed by atoms with Crippen molar-refractivity contribution in [3.63, 3.8) is 0 Å². The van der Waals surface area contributed by atoms with Crippen LogP contribution in [0.4, 0.5) is 0 Å². The van der Waals surface area contributed by atoms with Gasteiger partial charge >= 0.3 is 0 Å². The molecule has 3 aromatic carbocycles. The van der Waals surface area contributed by atoms with Gasteiger partial charge in [0, 0.05) is 29.2 Å². The molecular weight excluding hydrogens is 344 g/mol. The number of para-hydroxylation sites is 1. The molecule has 4 aromatic rings. The summed E-state index contributed by atoms with van der Waals surface area (Å²) in [4.78, 5) is 16.6. The number of ketones is 1. The molecule has 0 amide bonds. The number of H-pyrrole nitrogens is 1. The van der Waals surface area contributed by atoms with Crippen LogP contribution in [0.1, 0.15) is 33.1 Å². The van der Waals surface area contributed by atoms with E-state index in [0.29, 0.717) is 0 Å². The number of aromatic nitrogens is 1. The van der Waals surface area contributed by atoms with Crippen molar-refractivity contribution < 1.29 is 4.79 Å². The second-order valence-electron chi connectivity index (χ2n) is 7.15. The molecule has 140 valence electrons. The standard InChI is InChI=1S/C25H24N2O/c1-18-11-13-19(14-12-18)15-16-26-24(20-7-3-2-4-8-20)25(28)22-17-27-23-10-6-5-9-21(22)23/h2-14,17,24,26-27H,15-16H2,1H3. The van der Waals surface area contributed by atoms with Crippen molar-refractivity contribution in [3.8, 4) is 0 Å². The number of carbonyl (C=O) groups excluding carboxylic acids is 1. The third-order valence-corrected chi connectivity index (χ3v) is 5.13. The molecule has 1 atom stereocenters. The predicted molar refractivity (Wildman–Crippen MR) is 115 cm³/mol. The minimum Gasteiger partial charge on any atom is -0.360 e. The first-order chi connectivity index (χ1) is 13.7. The van der Waals surface area contributed by atoms with Crippen molar-refractivity contribution in [1.29, 1.82) is 0 Å². The normalized spacial score (nSPS) is 12.2. The number of aromatic amines is 1. The van der Waals surface area contributed by atoms with Crippen LogP contribution in [0, 0.1) is 6.92 Å². The Balaban J connectivity index is 1.57. The zero-order valence-electron chi connectivity index (χ0n) is 16.0. The van der Waals surface area contributed by atoms with E-state index in [4.69, 9.17) is 0 Å². The largest absolute Gasteiger partial charge is 0.360 e. The molecular formula is C25H24N2O. The summed E-state index contributed by atoms with van der Waals surface area (Å²) in [6, 6.07) is 26.1. The summed E-state index contributed by atoms with van der Waals surface area (Å²) >= 11 is 0. The van der Waals surface area contributed by atoms with E-state index in [9.17, 15) is 4.79 Å². The number of rotatable bonds is 7. The maximum absolute atomic E-state index is 13.4. The Morgan fingerprint density at radius 2 is 1.64 bits per heavy atom. The Morgan fingerprint density at radius 3 is 2.43 bits per heavy atom. The Kier molecular flexibility index (Phi) is 5.36. The van der Waals surface area contributed by atoms with Crippen molar-refractivity contribution in [2.45, 2.75) is 19.4 Å². The van der Waals surface area contributed by atoms with Gasteiger partial charge in [0.15, 0.2) is 5.78 Å². The van der Waals surface area contributed by atoms with Gasteiger partial charge in [0.05, 0.1) is 6.04 Å². The molecule has 0 radical (unpaired) electrons. The van der Waals surface area contributed by atoms with Crippen LogP contribution in [0.2, 0.25) is 0 Å². The zero-order valence-corrected chi connectivity index (χ0v) is 16.0. The Hall–Kier alpha value is -3.17. The molecule has 4 rings (SSSR count). The average molecular weight is 368 g/mol. The zero-order chi connectivity index (χ0) is 19.3. The number of Topliss-reactive ketones (excluding diaryl/α,β-unsaturated/α-hetero) is 1. The number of benzene rings is 3. The molecule has 0 bridgehead atoms. The molecule has 0 saturated carbocycles. The van der Waals surface area contributed by atoms with E-state index in [1.165, 1.54) is 11.1 Å². The van der Waals surface area contributed by atoms with E-state index in [1.807, 2.05) is 60.8 Å². The van der Waals surface area contributed by atoms with E-state index in [-0.39, 0.29) is 11.8 Å². The van der Waals surface area contributed by atoms with Crippen LogP contribution >= 0.6 is 0 Å². The highest BCUT2D eigenvalue weighted by Crippen LogP contribution is 2.24. The highest BCUT2D eigenvalue weighted by Gasteiger charge is 2.23. The summed E-state index contributed by atoms with van der Waals surface area (Å²) in [5, 5.41) is 4.45. The molecule has 3 heteroatoms. The maximum atomic E-state index is 13.4. The highest BCUT2D eigenvalue weighted by molar-refractivity contribution is 6.10. The van der Waals surface area contributed by atoms with Crippen LogP contribution in [0.3, 0.4) is 0 Å². The summed E-state index contributed by atoms with van der Waals surface area (Å²) in [6.45, 7) is 2.82. The van der Waals surface area contributed by atoms with Crippen LogP contribution < -0.4 is 5.32 Å². The lowest BCUT2D eigenvalue weighted by Crippen LogP contribution is -2.30. The second kappa shape index (κ2) is 8.24. The van der Waals surface area contributed by atoms with Gasteiger partial charge in [-0.2, -0.15) is 0 Å². The summed E-state index contributed by atoms with van der Waals surface area (Å²) < 4.78 is 0. The molecule has 1 unspecified atom stereocenters. The number of fused-ring (bicyclic) bond motifs is 1. The molecule has 0 fully saturated rings. The van der Waals surface area contributed by atoms with Crippen molar-refractivity contribution >= 4 is 16.7 Å². The molecule has 0 aliphatic rings. The number of carbonyl (C=O) groups is 1. The minimum absolute atomic E-state index is 0.0903. The van der Waals surface area contributed by atoms with Gasteiger partial charge in [0.25, 0.3) is 0 Å². The molecule has 0 spiro atoms. The summed E-state index contributed by atoms with van der Waals surface area (Å²) in [5.41, 5.74) is 5.23. The van der Waals surface area contributed by atoms with Crippen LogP contribution in [0.15, 0.2) is 85.1 Å². The molecule has 1 heterocycles. The lowest BCUT2D eigenvalue weighted by molar-refractivity contribution is 0.0945. The number of hydrogen-bond acceptors (Lipinski definition) is 2. The summed E-state index contributed by atoms with van der Waals surface area (Å²) in [6.07, 6.45) is 2.70. The van der Waals surface area contributed by atoms with Crippen LogP contribution in [-0.2, 0) is 6.42 Å². The maximum Gasteiger partial charge on any atom is 0.186 e. The molecule has 0 aliphatic heterocycles. The summed E-state index contributed by atoms with van der Waals surface area (Å²) in [5.74, 6) is 0.0903. The van der Waals surface area contributed by atoms with E-state index < -0.39 is 0 Å². The van der Waals surface area contributed by atoms with Crippen molar-refractivity contribution in [1.82, 2.24) is 10.3 Å². The number of aryl methyl sites for hydroxylation is 1. The van der Waals surface area contributed by atoms with E-state index in [1.54, 1.807) is 0 Å². The van der Waals surface area contributed by atoms with Crippen molar-refractivity contribution in [2.75, 3.05) is 6.54 Å². The van der Waals surface area contributed by atoms with Crippen LogP contribution in [0.25, 0.3) is 10.9 Å². The number of nitrogens with one attached hydrogen (secondary N) is 2. The van der Waals surface area contributed by atoms with E-state index in [0.717, 1.165) is 35.0 Å². The van der Waals surface area contributed by atoms with Gasteiger partial charge in [0.1, 0.15) is 0 Å². The lowest BCUT2D eigenvalue weighted by Gasteiger charge is -2.18. The van der Waals surface area contributed by atoms with E-state index in [2.05, 4.69) is 41.5 Å². The third kappa shape index (κ3) is 3.90. The SMILES string of the molecule is Cc1ccc(CCNC(C(=O)c2c[nH]c3ccccc23)c2ccccc2)cc1. The first kappa shape index (κ1) is 18.2. The highest BCUT2D eigenvalue weighted by atomic mass is 16.1. The quantitative estimate of drug-likeness (QED) is 0.439. The minimum atomic E-state index is -0.370. The Bertz CT molecular complexity index is 1060. The third-order valence-electron chi connectivity index (χ3n) is 5.13. The monoisotopic (exact) mass is 368 g/mol. The smallest absolute Gasteiger partial charge is 0.186 e. The average Bonchev–Trinajstić information content (AvgIpc) is 3.17. The van der Waals surface area contributed by atoms with Gasteiger partial charge in [-0.1, -0.05) is 78.4 Å². The first-order valence-electron chi connectivity index (χ1n) is 9.66. The predicted octanol–water partition coefficient (Wildman–Crippen LogP) is 5.23. The first-order valence-corrected chi connectivity index (χ1v) is 9.66. The van der Waals surface area contributed by atoms with Crippen molar-refractivity contribution in [3.05, 3.63) is 107 Å². The second-order valence-corrected chi connectivity index (χ2v) is 7.15. The molecule has 2 N–H and O–H groups in total. The summed E-state index contributed by atoms with van der Waals surface area (Å²) in [7, 11) is 0. The fourth-order valence-electron chi connectivity index (χ4n) is 3.55. The Morgan fingerprint density at radius 1 is 0.929 bits per heavy atom. The van der Waals surface area contributed by atoms with Gasteiger partial charge in [-0.05, 0) is 30.5 Å². The molecule has 0 aliphatic carbocycles. The Labute approximate surface area is 165 Å². The van der Waals surface area contributed by atoms with Gasteiger partial charge in [0.2, 0.25) is 0 Å². The molecule has 28 heavy (non-hydrogen) atoms. The number of hydrogen-bond donors (Lipinski definition) is 2. The van der Waals surface area contributed by atoms with Crippen LogP contribution in [-0.4, -0.2) is 17.3 Å².